The van der Waals surface area contributed by atoms with Crippen LogP contribution < -0.4 is 0 Å². The van der Waals surface area contributed by atoms with Gasteiger partial charge in [0.2, 0.25) is 0 Å². The van der Waals surface area contributed by atoms with Gasteiger partial charge in [-0.1, -0.05) is 26.8 Å². The first kappa shape index (κ1) is 22.8. The summed E-state index contributed by atoms with van der Waals surface area (Å²) in [4.78, 5) is 48.8. The third-order valence-electron chi connectivity index (χ3n) is 8.85. The van der Waals surface area contributed by atoms with Crippen LogP contribution in [0, 0.1) is 34.5 Å². The van der Waals surface area contributed by atoms with Gasteiger partial charge in [0.15, 0.2) is 11.4 Å². The zero-order chi connectivity index (χ0) is 23.8. The number of hydrogen-bond donors (Lipinski definition) is 2. The molecule has 0 saturated heterocycles. The van der Waals surface area contributed by atoms with Gasteiger partial charge in [0.25, 0.3) is 5.78 Å². The minimum atomic E-state index is -1.94. The molecule has 7 nitrogen and oxygen atoms in total. The Morgan fingerprint density at radius 3 is 2.47 bits per heavy atom. The molecule has 9 atom stereocenters. The monoisotopic (exact) mass is 448 g/mol. The summed E-state index contributed by atoms with van der Waals surface area (Å²) in [6.07, 6.45) is 2.40. The lowest BCUT2D eigenvalue weighted by Crippen LogP contribution is -2.65. The average Bonchev–Trinajstić information content (AvgIpc) is 2.89. The third kappa shape index (κ3) is 2.74. The minimum absolute atomic E-state index is 0.0249. The number of fused-ring (bicyclic) bond motifs is 5. The van der Waals surface area contributed by atoms with E-state index >= 15 is 4.39 Å². The molecule has 0 aromatic heterocycles. The second-order valence-corrected chi connectivity index (χ2v) is 10.4. The molecule has 3 unspecified atom stereocenters. The van der Waals surface area contributed by atoms with E-state index in [1.807, 2.05) is 6.92 Å². The summed E-state index contributed by atoms with van der Waals surface area (Å²) in [7, 11) is 0. The molecule has 0 aromatic rings. The van der Waals surface area contributed by atoms with Crippen LogP contribution in [0.25, 0.3) is 0 Å². The maximum Gasteiger partial charge on any atom is 0.376 e. The Morgan fingerprint density at radius 2 is 1.88 bits per heavy atom. The first-order chi connectivity index (χ1) is 14.8. The van der Waals surface area contributed by atoms with Crippen molar-refractivity contribution in [2.45, 2.75) is 64.8 Å². The van der Waals surface area contributed by atoms with Crippen molar-refractivity contribution in [1.82, 2.24) is 0 Å². The molecular formula is C24H29FO7. The zero-order valence-electron chi connectivity index (χ0n) is 18.6. The molecule has 0 bridgehead atoms. The van der Waals surface area contributed by atoms with Gasteiger partial charge < -0.3 is 14.9 Å². The van der Waals surface area contributed by atoms with E-state index in [-0.39, 0.29) is 30.5 Å². The SMILES string of the molecule is CC(=O)O[C@]1(C(=O)C(=O)O)C(C)C[C@H]2[C@@H]3CC(F)C4=CC(=O)C=C[C@]4(C)[C@H]3C(O)C[C@@]21C. The predicted octanol–water partition coefficient (Wildman–Crippen LogP) is 2.41. The minimum Gasteiger partial charge on any atom is -0.475 e. The Morgan fingerprint density at radius 1 is 1.22 bits per heavy atom. The number of rotatable bonds is 3. The van der Waals surface area contributed by atoms with Gasteiger partial charge in [-0.25, -0.2) is 9.18 Å². The normalized spacial score (nSPS) is 47.1. The van der Waals surface area contributed by atoms with Gasteiger partial charge in [-0.3, -0.25) is 14.4 Å². The molecule has 4 aliphatic carbocycles. The molecule has 2 N–H and O–H groups in total. The van der Waals surface area contributed by atoms with E-state index in [9.17, 15) is 29.4 Å². The topological polar surface area (TPSA) is 118 Å². The van der Waals surface area contributed by atoms with Gasteiger partial charge in [0.1, 0.15) is 6.17 Å². The highest BCUT2D eigenvalue weighted by molar-refractivity contribution is 6.36. The predicted molar refractivity (Wildman–Crippen MR) is 110 cm³/mol. The molecule has 3 saturated carbocycles. The van der Waals surface area contributed by atoms with E-state index in [4.69, 9.17) is 4.74 Å². The highest BCUT2D eigenvalue weighted by Gasteiger charge is 2.74. The number of aliphatic hydroxyl groups excluding tert-OH is 1. The first-order valence-electron chi connectivity index (χ1n) is 11.0. The molecule has 3 fully saturated rings. The third-order valence-corrected chi connectivity index (χ3v) is 8.85. The van der Waals surface area contributed by atoms with Crippen LogP contribution in [0.15, 0.2) is 23.8 Å². The number of alkyl halides is 1. The van der Waals surface area contributed by atoms with E-state index < -0.39 is 58.3 Å². The molecule has 32 heavy (non-hydrogen) atoms. The molecule has 0 aliphatic heterocycles. The van der Waals surface area contributed by atoms with Crippen molar-refractivity contribution in [2.75, 3.05) is 0 Å². The smallest absolute Gasteiger partial charge is 0.376 e. The number of carboxylic acid groups (broad SMARTS) is 1. The molecular weight excluding hydrogens is 419 g/mol. The highest BCUT2D eigenvalue weighted by atomic mass is 19.1. The van der Waals surface area contributed by atoms with Crippen LogP contribution in [0.1, 0.15) is 47.0 Å². The number of hydrogen-bond acceptors (Lipinski definition) is 6. The largest absolute Gasteiger partial charge is 0.475 e. The van der Waals surface area contributed by atoms with Gasteiger partial charge in [0.05, 0.1) is 6.10 Å². The number of esters is 1. The summed E-state index contributed by atoms with van der Waals surface area (Å²) in [6.45, 7) is 6.31. The summed E-state index contributed by atoms with van der Waals surface area (Å²) in [5.74, 6) is -5.75. The zero-order valence-corrected chi connectivity index (χ0v) is 18.6. The fraction of sp³-hybridized carbons (Fsp3) is 0.667. The summed E-state index contributed by atoms with van der Waals surface area (Å²) < 4.78 is 21.0. The Hall–Kier alpha value is -2.35. The van der Waals surface area contributed by atoms with Crippen LogP contribution >= 0.6 is 0 Å². The molecule has 0 spiro atoms. The maximum atomic E-state index is 15.4. The number of halogens is 1. The Kier molecular flexibility index (Phi) is 5.05. The van der Waals surface area contributed by atoms with Crippen molar-refractivity contribution in [3.05, 3.63) is 23.8 Å². The second-order valence-electron chi connectivity index (χ2n) is 10.4. The summed E-state index contributed by atoms with van der Waals surface area (Å²) in [5.41, 5.74) is -3.64. The van der Waals surface area contributed by atoms with Gasteiger partial charge in [0, 0.05) is 29.6 Å². The fourth-order valence-corrected chi connectivity index (χ4v) is 7.79. The standard InChI is InChI=1S/C24H29FO7/c1-11-7-15-14-9-17(25)16-8-13(27)5-6-22(16,3)19(14)18(28)10-23(15,4)24(11,32-12(2)26)20(29)21(30)31/h5-6,8,11,14-15,17-19,28H,7,9-10H2,1-4H3,(H,30,31)/t11?,14-,15-,17?,18?,19+,22-,23-,24-/m0/s1. The van der Waals surface area contributed by atoms with E-state index in [1.54, 1.807) is 19.9 Å². The molecule has 174 valence electrons. The number of ketones is 2. The van der Waals surface area contributed by atoms with E-state index in [0.717, 1.165) is 6.92 Å². The van der Waals surface area contributed by atoms with E-state index in [2.05, 4.69) is 0 Å². The Balaban J connectivity index is 1.85. The van der Waals surface area contributed by atoms with Crippen LogP contribution in [0.4, 0.5) is 4.39 Å². The van der Waals surface area contributed by atoms with Crippen LogP contribution in [0.5, 0.6) is 0 Å². The molecule has 0 amide bonds. The van der Waals surface area contributed by atoms with Gasteiger partial charge >= 0.3 is 11.9 Å². The maximum absolute atomic E-state index is 15.4. The number of allylic oxidation sites excluding steroid dienone is 4. The number of carbonyl (C=O) groups excluding carboxylic acids is 3. The molecule has 0 aromatic carbocycles. The quantitative estimate of drug-likeness (QED) is 0.503. The summed E-state index contributed by atoms with van der Waals surface area (Å²) in [5, 5.41) is 21.0. The molecule has 0 heterocycles. The average molecular weight is 448 g/mol. The van der Waals surface area contributed by atoms with Gasteiger partial charge in [-0.15, -0.1) is 0 Å². The number of ether oxygens (including phenoxy) is 1. The van der Waals surface area contributed by atoms with Crippen molar-refractivity contribution in [2.24, 2.45) is 34.5 Å². The van der Waals surface area contributed by atoms with Crippen LogP contribution in [-0.2, 0) is 23.9 Å². The number of carboxylic acids is 1. The van der Waals surface area contributed by atoms with Crippen LogP contribution in [-0.4, -0.2) is 51.6 Å². The van der Waals surface area contributed by atoms with E-state index in [0.29, 0.717) is 12.0 Å². The van der Waals surface area contributed by atoms with Crippen molar-refractivity contribution < 1.29 is 38.5 Å². The van der Waals surface area contributed by atoms with Gasteiger partial charge in [-0.05, 0) is 48.8 Å². The van der Waals surface area contributed by atoms with Crippen molar-refractivity contribution in [1.29, 1.82) is 0 Å². The first-order valence-corrected chi connectivity index (χ1v) is 11.0. The number of Topliss-reactive ketones (excluding diaryl/α,β-unsaturated/α-hetero) is 1. The fourth-order valence-electron chi connectivity index (χ4n) is 7.79. The Labute approximate surface area is 185 Å². The lowest BCUT2D eigenvalue weighted by molar-refractivity contribution is -0.206. The lowest BCUT2D eigenvalue weighted by atomic mass is 9.45. The molecule has 8 heteroatoms. The van der Waals surface area contributed by atoms with Gasteiger partial charge in [-0.2, -0.15) is 0 Å². The van der Waals surface area contributed by atoms with E-state index in [1.165, 1.54) is 12.2 Å². The van der Waals surface area contributed by atoms with Crippen LogP contribution in [0.2, 0.25) is 0 Å². The van der Waals surface area contributed by atoms with Crippen LogP contribution in [0.3, 0.4) is 0 Å². The van der Waals surface area contributed by atoms with Crippen molar-refractivity contribution in [3.63, 3.8) is 0 Å². The highest BCUT2D eigenvalue weighted by Crippen LogP contribution is 2.69. The number of carbonyl (C=O) groups is 4. The lowest BCUT2D eigenvalue weighted by Gasteiger charge is -2.60. The number of aliphatic hydroxyl groups is 1. The van der Waals surface area contributed by atoms with Crippen molar-refractivity contribution >= 4 is 23.5 Å². The Bertz CT molecular complexity index is 969. The summed E-state index contributed by atoms with van der Waals surface area (Å²) >= 11 is 0. The molecule has 4 rings (SSSR count). The molecule has 0 radical (unpaired) electrons. The summed E-state index contributed by atoms with van der Waals surface area (Å²) in [6, 6.07) is 0. The van der Waals surface area contributed by atoms with Crippen molar-refractivity contribution in [3.8, 4) is 0 Å². The second kappa shape index (κ2) is 7.07. The number of aliphatic carboxylic acids is 1. The molecule has 4 aliphatic rings.